The Morgan fingerprint density at radius 1 is 0.784 bits per heavy atom. The van der Waals surface area contributed by atoms with E-state index in [9.17, 15) is 14.4 Å². The highest BCUT2D eigenvalue weighted by Gasteiger charge is 2.73. The van der Waals surface area contributed by atoms with Gasteiger partial charge in [-0.25, -0.2) is 9.69 Å². The third-order valence-corrected chi connectivity index (χ3v) is 9.21. The van der Waals surface area contributed by atoms with Gasteiger partial charge >= 0.3 is 5.97 Å². The summed E-state index contributed by atoms with van der Waals surface area (Å²) in [6, 6.07) is 21.4. The molecule has 2 bridgehead atoms. The molecule has 0 saturated carbocycles. The molecule has 1 fully saturated rings. The SMILES string of the molecule is CCCCCOC(=O)c1ccc(N2C(=O)[C@@H]3[C@H](C2=O)C2(Cl)c4ccccc4C3(Cl)c3ccccc32)cc1. The molecule has 0 unspecified atom stereocenters. The molecule has 5 nitrogen and oxygen atoms in total. The van der Waals surface area contributed by atoms with Gasteiger partial charge in [0.15, 0.2) is 0 Å². The van der Waals surface area contributed by atoms with E-state index in [2.05, 4.69) is 6.92 Å². The largest absolute Gasteiger partial charge is 0.462 e. The lowest BCUT2D eigenvalue weighted by atomic mass is 9.54. The van der Waals surface area contributed by atoms with Gasteiger partial charge in [-0.3, -0.25) is 9.59 Å². The van der Waals surface area contributed by atoms with Crippen molar-refractivity contribution in [3.8, 4) is 0 Å². The smallest absolute Gasteiger partial charge is 0.338 e. The van der Waals surface area contributed by atoms with Crippen molar-refractivity contribution in [2.75, 3.05) is 11.5 Å². The summed E-state index contributed by atoms with van der Waals surface area (Å²) in [5.74, 6) is -2.96. The summed E-state index contributed by atoms with van der Waals surface area (Å²) in [6.07, 6.45) is 2.84. The molecule has 0 radical (unpaired) electrons. The lowest BCUT2D eigenvalue weighted by molar-refractivity contribution is -0.122. The van der Waals surface area contributed by atoms with Gasteiger partial charge in [-0.1, -0.05) is 68.3 Å². The van der Waals surface area contributed by atoms with Crippen molar-refractivity contribution in [2.24, 2.45) is 11.8 Å². The highest BCUT2D eigenvalue weighted by molar-refractivity contribution is 6.38. The summed E-state index contributed by atoms with van der Waals surface area (Å²) in [5, 5.41) is 0. The van der Waals surface area contributed by atoms with Crippen molar-refractivity contribution in [1.29, 1.82) is 0 Å². The number of hydrogen-bond donors (Lipinski definition) is 0. The molecule has 1 saturated heterocycles. The molecule has 3 aliphatic carbocycles. The standard InChI is InChI=1S/C30H25Cl2NO4/c1-2-3-8-17-37-28(36)18-13-15-19(16-14-18)33-26(34)24-25(27(33)35)30(32)21-10-5-4-9-20(21)29(24,31)22-11-6-7-12-23(22)30/h4-7,9-16,24-25H,2-3,8,17H2,1H3/t24-,25+,29?,30?. The molecule has 3 aromatic carbocycles. The van der Waals surface area contributed by atoms with Gasteiger partial charge in [-0.15, -0.1) is 23.2 Å². The maximum Gasteiger partial charge on any atom is 0.338 e. The van der Waals surface area contributed by atoms with E-state index in [4.69, 9.17) is 27.9 Å². The number of rotatable bonds is 6. The summed E-state index contributed by atoms with van der Waals surface area (Å²) < 4.78 is 5.33. The minimum absolute atomic E-state index is 0.359. The Kier molecular flexibility index (Phi) is 5.70. The molecule has 1 aliphatic heterocycles. The maximum atomic E-state index is 14.0. The number of esters is 1. The fourth-order valence-electron chi connectivity index (χ4n) is 6.27. The topological polar surface area (TPSA) is 63.7 Å². The van der Waals surface area contributed by atoms with Gasteiger partial charge in [-0.2, -0.15) is 0 Å². The Labute approximate surface area is 225 Å². The second-order valence-electron chi connectivity index (χ2n) is 9.87. The Balaban J connectivity index is 1.39. The minimum Gasteiger partial charge on any atom is -0.462 e. The first-order valence-electron chi connectivity index (χ1n) is 12.6. The number of imide groups is 1. The molecule has 37 heavy (non-hydrogen) atoms. The number of carbonyl (C=O) groups excluding carboxylic acids is 3. The highest BCUT2D eigenvalue weighted by atomic mass is 35.5. The maximum absolute atomic E-state index is 14.0. The minimum atomic E-state index is -1.22. The second-order valence-corrected chi connectivity index (χ2v) is 11.1. The second kappa shape index (κ2) is 8.71. The van der Waals surface area contributed by atoms with E-state index in [1.54, 1.807) is 24.3 Å². The van der Waals surface area contributed by atoms with Crippen LogP contribution in [0.4, 0.5) is 5.69 Å². The molecule has 0 aromatic heterocycles. The van der Waals surface area contributed by atoms with Crippen LogP contribution in [0.5, 0.6) is 0 Å². The third kappa shape index (κ3) is 3.20. The van der Waals surface area contributed by atoms with Gasteiger partial charge in [0.25, 0.3) is 0 Å². The van der Waals surface area contributed by atoms with Crippen LogP contribution in [0.3, 0.4) is 0 Å². The van der Waals surface area contributed by atoms with E-state index in [0.717, 1.165) is 41.5 Å². The normalized spacial score (nSPS) is 27.1. The van der Waals surface area contributed by atoms with Crippen molar-refractivity contribution in [3.63, 3.8) is 0 Å². The van der Waals surface area contributed by atoms with Crippen molar-refractivity contribution in [2.45, 2.75) is 35.9 Å². The average Bonchev–Trinajstić information content (AvgIpc) is 3.20. The van der Waals surface area contributed by atoms with E-state index in [1.807, 2.05) is 48.5 Å². The fraction of sp³-hybridized carbons (Fsp3) is 0.300. The van der Waals surface area contributed by atoms with Gasteiger partial charge in [-0.05, 0) is 52.9 Å². The summed E-state index contributed by atoms with van der Waals surface area (Å²) in [6.45, 7) is 2.44. The Morgan fingerprint density at radius 2 is 1.24 bits per heavy atom. The van der Waals surface area contributed by atoms with Crippen LogP contribution in [0, 0.1) is 11.8 Å². The molecule has 7 heteroatoms. The number of carbonyl (C=O) groups is 3. The molecule has 1 heterocycles. The van der Waals surface area contributed by atoms with Crippen LogP contribution >= 0.6 is 23.2 Å². The van der Waals surface area contributed by atoms with Crippen molar-refractivity contribution >= 4 is 46.7 Å². The van der Waals surface area contributed by atoms with E-state index >= 15 is 0 Å². The monoisotopic (exact) mass is 533 g/mol. The number of halogens is 2. The van der Waals surface area contributed by atoms with Crippen molar-refractivity contribution in [3.05, 3.63) is 101 Å². The van der Waals surface area contributed by atoms with Crippen LogP contribution in [-0.2, 0) is 24.1 Å². The Hall–Kier alpha value is -3.15. The van der Waals surface area contributed by atoms with Gasteiger partial charge in [0, 0.05) is 0 Å². The van der Waals surface area contributed by atoms with Crippen molar-refractivity contribution in [1.82, 2.24) is 0 Å². The zero-order chi connectivity index (χ0) is 25.9. The molecule has 3 aromatic rings. The van der Waals surface area contributed by atoms with Crippen LogP contribution in [0.15, 0.2) is 72.8 Å². The zero-order valence-electron chi connectivity index (χ0n) is 20.2. The van der Waals surface area contributed by atoms with Gasteiger partial charge < -0.3 is 4.74 Å². The lowest BCUT2D eigenvalue weighted by Gasteiger charge is -2.54. The van der Waals surface area contributed by atoms with Crippen LogP contribution in [0.1, 0.15) is 58.8 Å². The number of benzene rings is 3. The van der Waals surface area contributed by atoms with Crippen LogP contribution in [-0.4, -0.2) is 24.4 Å². The summed E-state index contributed by atoms with van der Waals surface area (Å²) >= 11 is 14.9. The molecular formula is C30H25Cl2NO4. The number of anilines is 1. The molecule has 2 amide bonds. The number of hydrogen-bond acceptors (Lipinski definition) is 4. The first-order valence-corrected chi connectivity index (χ1v) is 13.3. The summed E-state index contributed by atoms with van der Waals surface area (Å²) in [5.41, 5.74) is 3.78. The van der Waals surface area contributed by atoms with E-state index < -0.39 is 39.4 Å². The van der Waals surface area contributed by atoms with Crippen molar-refractivity contribution < 1.29 is 19.1 Å². The van der Waals surface area contributed by atoms with Crippen LogP contribution in [0.25, 0.3) is 0 Å². The fourth-order valence-corrected chi connectivity index (χ4v) is 7.37. The van der Waals surface area contributed by atoms with E-state index in [-0.39, 0.29) is 0 Å². The van der Waals surface area contributed by atoms with Crippen LogP contribution < -0.4 is 4.90 Å². The highest BCUT2D eigenvalue weighted by Crippen LogP contribution is 2.69. The molecular weight excluding hydrogens is 509 g/mol. The zero-order valence-corrected chi connectivity index (χ0v) is 21.8. The number of alkyl halides is 2. The molecule has 0 N–H and O–H groups in total. The quantitative estimate of drug-likeness (QED) is 0.165. The predicted octanol–water partition coefficient (Wildman–Crippen LogP) is 6.13. The molecule has 2 atom stereocenters. The van der Waals surface area contributed by atoms with Gasteiger partial charge in [0.1, 0.15) is 9.75 Å². The summed E-state index contributed by atoms with van der Waals surface area (Å²) in [4.78, 5) is 39.1. The molecule has 0 spiro atoms. The van der Waals surface area contributed by atoms with Gasteiger partial charge in [0.2, 0.25) is 11.8 Å². The predicted molar refractivity (Wildman–Crippen MR) is 142 cm³/mol. The number of unbranched alkanes of at least 4 members (excludes halogenated alkanes) is 2. The average molecular weight is 534 g/mol. The summed E-state index contributed by atoms with van der Waals surface area (Å²) in [7, 11) is 0. The van der Waals surface area contributed by atoms with Crippen LogP contribution in [0.2, 0.25) is 0 Å². The first kappa shape index (κ1) is 24.2. The number of ether oxygens (including phenoxy) is 1. The Morgan fingerprint density at radius 3 is 1.68 bits per heavy atom. The number of amides is 2. The van der Waals surface area contributed by atoms with Gasteiger partial charge in [0.05, 0.1) is 29.7 Å². The molecule has 188 valence electrons. The third-order valence-electron chi connectivity index (χ3n) is 7.93. The molecule has 7 rings (SSSR count). The Bertz CT molecular complexity index is 1310. The molecule has 4 aliphatic rings. The lowest BCUT2D eigenvalue weighted by Crippen LogP contribution is -2.57. The first-order chi connectivity index (χ1) is 17.8. The van der Waals surface area contributed by atoms with E-state index in [0.29, 0.717) is 17.9 Å². The van der Waals surface area contributed by atoms with E-state index in [1.165, 1.54) is 4.90 Å². The number of nitrogens with zero attached hydrogens (tertiary/aromatic N) is 1.